The molecule has 8 unspecified atom stereocenters. The van der Waals surface area contributed by atoms with E-state index in [1.54, 1.807) is 0 Å². The minimum absolute atomic E-state index is 0.467. The molecule has 2 saturated carbocycles. The predicted octanol–water partition coefficient (Wildman–Crippen LogP) is 6.64. The fourth-order valence-corrected chi connectivity index (χ4v) is 7.45. The van der Waals surface area contributed by atoms with Gasteiger partial charge in [0.05, 0.1) is 0 Å². The lowest BCUT2D eigenvalue weighted by atomic mass is 9.48. The molecule has 1 nitrogen and oxygen atoms in total. The number of nitrogens with zero attached hydrogens (tertiary/aromatic N) is 1. The molecule has 0 amide bonds. The van der Waals surface area contributed by atoms with E-state index in [1.165, 1.54) is 45.1 Å². The Morgan fingerprint density at radius 1 is 1.08 bits per heavy atom. The van der Waals surface area contributed by atoms with Gasteiger partial charge in [-0.25, -0.2) is 0 Å². The molecule has 8 atom stereocenters. The topological polar surface area (TPSA) is 3.24 Å². The van der Waals surface area contributed by atoms with Crippen molar-refractivity contribution < 1.29 is 0 Å². The van der Waals surface area contributed by atoms with Gasteiger partial charge in [0.25, 0.3) is 0 Å². The molecule has 1 heteroatoms. The SMILES string of the molecule is CCC(C)N(C)CC1C2CCC3C=CCC(C)C3C(C)(C)C1CCC2C. The average Bonchev–Trinajstić information content (AvgIpc) is 2.59. The van der Waals surface area contributed by atoms with Crippen molar-refractivity contribution in [3.63, 3.8) is 0 Å². The molecule has 2 bridgehead atoms. The number of rotatable bonds is 4. The predicted molar refractivity (Wildman–Crippen MR) is 114 cm³/mol. The summed E-state index contributed by atoms with van der Waals surface area (Å²) in [5.41, 5.74) is 0.467. The van der Waals surface area contributed by atoms with E-state index >= 15 is 0 Å². The summed E-state index contributed by atoms with van der Waals surface area (Å²) in [7, 11) is 2.38. The number of hydrogen-bond donors (Lipinski definition) is 0. The lowest BCUT2D eigenvalue weighted by Crippen LogP contribution is -2.53. The first-order chi connectivity index (χ1) is 12.3. The van der Waals surface area contributed by atoms with Crippen LogP contribution in [0.5, 0.6) is 0 Å². The van der Waals surface area contributed by atoms with Crippen molar-refractivity contribution in [2.75, 3.05) is 13.6 Å². The zero-order chi connectivity index (χ0) is 19.1. The van der Waals surface area contributed by atoms with Crippen LogP contribution >= 0.6 is 0 Å². The highest BCUT2D eigenvalue weighted by molar-refractivity contribution is 5.08. The quantitative estimate of drug-likeness (QED) is 0.508. The molecule has 0 radical (unpaired) electrons. The summed E-state index contributed by atoms with van der Waals surface area (Å²) in [6.45, 7) is 16.5. The van der Waals surface area contributed by atoms with Crippen LogP contribution in [0.1, 0.15) is 80.1 Å². The van der Waals surface area contributed by atoms with Crippen molar-refractivity contribution in [2.45, 2.75) is 86.1 Å². The van der Waals surface area contributed by atoms with Gasteiger partial charge >= 0.3 is 0 Å². The fourth-order valence-electron chi connectivity index (χ4n) is 7.45. The fraction of sp³-hybridized carbons (Fsp3) is 0.920. The number of hydrogen-bond acceptors (Lipinski definition) is 1. The lowest BCUT2D eigenvalue weighted by Gasteiger charge is -2.57. The minimum atomic E-state index is 0.467. The van der Waals surface area contributed by atoms with E-state index < -0.39 is 0 Å². The molecule has 0 saturated heterocycles. The van der Waals surface area contributed by atoms with Gasteiger partial charge in [0.1, 0.15) is 0 Å². The van der Waals surface area contributed by atoms with Crippen molar-refractivity contribution in [3.05, 3.63) is 12.2 Å². The Kier molecular flexibility index (Phi) is 6.27. The molecule has 0 aromatic carbocycles. The van der Waals surface area contributed by atoms with Gasteiger partial charge in [-0.1, -0.05) is 53.2 Å². The van der Waals surface area contributed by atoms with Gasteiger partial charge < -0.3 is 4.90 Å². The monoisotopic (exact) mass is 359 g/mol. The van der Waals surface area contributed by atoms with Gasteiger partial charge in [-0.15, -0.1) is 0 Å². The van der Waals surface area contributed by atoms with Crippen LogP contribution in [-0.4, -0.2) is 24.5 Å². The number of allylic oxidation sites excluding steroid dienone is 2. The van der Waals surface area contributed by atoms with Gasteiger partial charge in [-0.3, -0.25) is 0 Å². The van der Waals surface area contributed by atoms with E-state index in [4.69, 9.17) is 0 Å². The maximum absolute atomic E-state index is 2.68. The molecule has 3 aliphatic carbocycles. The standard InChI is InChI=1S/C25H45N/c1-8-19(4)26(7)16-22-21-14-13-20-11-9-10-18(3)24(20)25(5,6)23(22)15-12-17(21)2/h9,11,17-24H,8,10,12-16H2,1-7H3. The van der Waals surface area contributed by atoms with Crippen LogP contribution in [0.3, 0.4) is 0 Å². The van der Waals surface area contributed by atoms with Crippen LogP contribution in [0.2, 0.25) is 0 Å². The molecule has 2 fully saturated rings. The molecule has 0 aromatic rings. The minimum Gasteiger partial charge on any atom is -0.303 e. The zero-order valence-corrected chi connectivity index (χ0v) is 18.7. The summed E-state index contributed by atoms with van der Waals surface area (Å²) in [5, 5.41) is 0. The third-order valence-corrected chi connectivity index (χ3v) is 9.19. The maximum atomic E-state index is 2.68. The van der Waals surface area contributed by atoms with Crippen LogP contribution < -0.4 is 0 Å². The maximum Gasteiger partial charge on any atom is 0.00613 e. The molecule has 3 rings (SSSR count). The molecule has 26 heavy (non-hydrogen) atoms. The molecule has 150 valence electrons. The van der Waals surface area contributed by atoms with Crippen LogP contribution in [0.25, 0.3) is 0 Å². The van der Waals surface area contributed by atoms with Crippen molar-refractivity contribution >= 4 is 0 Å². The Morgan fingerprint density at radius 2 is 1.81 bits per heavy atom. The lowest BCUT2D eigenvalue weighted by molar-refractivity contribution is -0.0760. The number of fused-ring (bicyclic) bond motifs is 3. The summed E-state index contributed by atoms with van der Waals surface area (Å²) >= 11 is 0. The molecule has 3 aliphatic rings. The van der Waals surface area contributed by atoms with Crippen molar-refractivity contribution in [1.29, 1.82) is 0 Å². The van der Waals surface area contributed by atoms with Gasteiger partial charge in [-0.05, 0) is 92.9 Å². The van der Waals surface area contributed by atoms with Crippen molar-refractivity contribution in [2.24, 2.45) is 46.8 Å². The van der Waals surface area contributed by atoms with Gasteiger partial charge in [0.15, 0.2) is 0 Å². The van der Waals surface area contributed by atoms with Gasteiger partial charge in [-0.2, -0.15) is 0 Å². The van der Waals surface area contributed by atoms with Gasteiger partial charge in [0.2, 0.25) is 0 Å². The normalized spacial score (nSPS) is 43.5. The first-order valence-electron chi connectivity index (χ1n) is 11.6. The van der Waals surface area contributed by atoms with E-state index in [-0.39, 0.29) is 0 Å². The zero-order valence-electron chi connectivity index (χ0n) is 18.7. The second kappa shape index (κ2) is 7.98. The summed E-state index contributed by atoms with van der Waals surface area (Å²) in [6.07, 6.45) is 13.5. The summed E-state index contributed by atoms with van der Waals surface area (Å²) < 4.78 is 0. The average molecular weight is 360 g/mol. The van der Waals surface area contributed by atoms with Crippen molar-refractivity contribution in [3.8, 4) is 0 Å². The van der Waals surface area contributed by atoms with E-state index in [2.05, 4.69) is 65.6 Å². The Morgan fingerprint density at radius 3 is 2.50 bits per heavy atom. The van der Waals surface area contributed by atoms with E-state index in [1.807, 2.05) is 0 Å². The Bertz CT molecular complexity index is 492. The molecule has 0 N–H and O–H groups in total. The highest BCUT2D eigenvalue weighted by Gasteiger charge is 2.52. The molecule has 0 heterocycles. The van der Waals surface area contributed by atoms with E-state index in [0.29, 0.717) is 11.5 Å². The Balaban J connectivity index is 1.93. The molecule has 0 aromatic heterocycles. The molecule has 0 spiro atoms. The third-order valence-electron chi connectivity index (χ3n) is 9.19. The summed E-state index contributed by atoms with van der Waals surface area (Å²) in [5.74, 6) is 6.21. The third kappa shape index (κ3) is 3.67. The highest BCUT2D eigenvalue weighted by Crippen LogP contribution is 2.58. The van der Waals surface area contributed by atoms with Crippen molar-refractivity contribution in [1.82, 2.24) is 4.90 Å². The molecular formula is C25H45N. The second-order valence-electron chi connectivity index (χ2n) is 10.9. The Labute approximate surface area is 164 Å². The Hall–Kier alpha value is -0.300. The van der Waals surface area contributed by atoms with Crippen LogP contribution in [0.4, 0.5) is 0 Å². The second-order valence-corrected chi connectivity index (χ2v) is 10.9. The summed E-state index contributed by atoms with van der Waals surface area (Å²) in [4.78, 5) is 2.68. The van der Waals surface area contributed by atoms with Crippen LogP contribution in [-0.2, 0) is 0 Å². The first kappa shape index (κ1) is 20.4. The van der Waals surface area contributed by atoms with E-state index in [9.17, 15) is 0 Å². The summed E-state index contributed by atoms with van der Waals surface area (Å²) in [6, 6.07) is 0.712. The van der Waals surface area contributed by atoms with Crippen LogP contribution in [0.15, 0.2) is 12.2 Å². The van der Waals surface area contributed by atoms with Crippen LogP contribution in [0, 0.1) is 46.8 Å². The largest absolute Gasteiger partial charge is 0.303 e. The van der Waals surface area contributed by atoms with Gasteiger partial charge in [0, 0.05) is 12.6 Å². The smallest absolute Gasteiger partial charge is 0.00613 e. The molecule has 0 aliphatic heterocycles. The first-order valence-corrected chi connectivity index (χ1v) is 11.6. The van der Waals surface area contributed by atoms with E-state index in [0.717, 1.165) is 41.4 Å². The molecular weight excluding hydrogens is 314 g/mol. The highest BCUT2D eigenvalue weighted by atomic mass is 15.1.